The molecule has 6 heteroatoms. The fourth-order valence-corrected chi connectivity index (χ4v) is 2.04. The predicted molar refractivity (Wildman–Crippen MR) is 80.4 cm³/mol. The fourth-order valence-electron chi connectivity index (χ4n) is 2.04. The van der Waals surface area contributed by atoms with Gasteiger partial charge in [0.05, 0.1) is 11.4 Å². The van der Waals surface area contributed by atoms with Gasteiger partial charge in [0.15, 0.2) is 0 Å². The van der Waals surface area contributed by atoms with Crippen molar-refractivity contribution in [1.82, 2.24) is 14.8 Å². The molecule has 0 spiro atoms. The third kappa shape index (κ3) is 2.71. The summed E-state index contributed by atoms with van der Waals surface area (Å²) in [4.78, 5) is 16.3. The topological polar surface area (TPSA) is 59.8 Å². The Hall–Kier alpha value is -3.02. The van der Waals surface area contributed by atoms with E-state index in [1.54, 1.807) is 23.7 Å². The summed E-state index contributed by atoms with van der Waals surface area (Å²) >= 11 is 0. The summed E-state index contributed by atoms with van der Waals surface area (Å²) in [5.74, 6) is -0.493. The molecule has 0 bridgehead atoms. The van der Waals surface area contributed by atoms with Crippen LogP contribution in [0.3, 0.4) is 0 Å². The fraction of sp³-hybridized carbons (Fsp3) is 0.0625. The van der Waals surface area contributed by atoms with Crippen molar-refractivity contribution in [1.29, 1.82) is 0 Å². The lowest BCUT2D eigenvalue weighted by molar-refractivity contribution is 0.101. The number of aromatic nitrogens is 3. The summed E-state index contributed by atoms with van der Waals surface area (Å²) < 4.78 is 15.1. The van der Waals surface area contributed by atoms with E-state index in [-0.39, 0.29) is 11.5 Å². The normalized spacial score (nSPS) is 10.5. The first-order valence-electron chi connectivity index (χ1n) is 6.70. The van der Waals surface area contributed by atoms with Gasteiger partial charge in [0.1, 0.15) is 11.6 Å². The van der Waals surface area contributed by atoms with E-state index < -0.39 is 11.7 Å². The molecule has 22 heavy (non-hydrogen) atoms. The summed E-state index contributed by atoms with van der Waals surface area (Å²) in [6, 6.07) is 15.3. The molecule has 0 aliphatic heterocycles. The molecule has 2 aromatic carbocycles. The van der Waals surface area contributed by atoms with Gasteiger partial charge in [-0.1, -0.05) is 30.3 Å². The third-order valence-electron chi connectivity index (χ3n) is 3.09. The molecule has 0 saturated heterocycles. The van der Waals surface area contributed by atoms with Crippen LogP contribution in [0.5, 0.6) is 0 Å². The number of amides is 1. The van der Waals surface area contributed by atoms with E-state index >= 15 is 0 Å². The molecule has 1 amide bonds. The number of aryl methyl sites for hydroxylation is 1. The van der Waals surface area contributed by atoms with Gasteiger partial charge >= 0.3 is 0 Å². The lowest BCUT2D eigenvalue weighted by Crippen LogP contribution is -2.15. The SMILES string of the molecule is Cc1nc(C(=O)Nc2ccccc2F)nn1-c1ccccc1. The van der Waals surface area contributed by atoms with E-state index in [4.69, 9.17) is 0 Å². The first-order valence-corrected chi connectivity index (χ1v) is 6.70. The average molecular weight is 296 g/mol. The Morgan fingerprint density at radius 1 is 1.09 bits per heavy atom. The van der Waals surface area contributed by atoms with Crippen LogP contribution in [0.1, 0.15) is 16.4 Å². The molecule has 3 aromatic rings. The number of nitrogens with one attached hydrogen (secondary N) is 1. The maximum Gasteiger partial charge on any atom is 0.295 e. The number of carbonyl (C=O) groups excluding carboxylic acids is 1. The number of anilines is 1. The summed E-state index contributed by atoms with van der Waals surface area (Å²) in [7, 11) is 0. The number of hydrogen-bond acceptors (Lipinski definition) is 3. The second kappa shape index (κ2) is 5.77. The highest BCUT2D eigenvalue weighted by Crippen LogP contribution is 2.14. The molecular formula is C16H13FN4O. The Morgan fingerprint density at radius 3 is 2.50 bits per heavy atom. The van der Waals surface area contributed by atoms with E-state index in [0.717, 1.165) is 5.69 Å². The molecule has 0 aliphatic carbocycles. The molecule has 0 aliphatic rings. The number of para-hydroxylation sites is 2. The smallest absolute Gasteiger partial charge is 0.295 e. The molecule has 0 saturated carbocycles. The molecular weight excluding hydrogens is 283 g/mol. The molecule has 0 fully saturated rings. The Balaban J connectivity index is 1.87. The first kappa shape index (κ1) is 13.9. The van der Waals surface area contributed by atoms with Crippen molar-refractivity contribution in [3.63, 3.8) is 0 Å². The van der Waals surface area contributed by atoms with Crippen LogP contribution < -0.4 is 5.32 Å². The minimum atomic E-state index is -0.553. The van der Waals surface area contributed by atoms with Crippen LogP contribution in [0.4, 0.5) is 10.1 Å². The maximum atomic E-state index is 13.6. The molecule has 5 nitrogen and oxygen atoms in total. The standard InChI is InChI=1S/C16H13FN4O/c1-11-18-15(20-21(11)12-7-3-2-4-8-12)16(22)19-14-10-6-5-9-13(14)17/h2-10H,1H3,(H,19,22). The van der Waals surface area contributed by atoms with Crippen molar-refractivity contribution in [2.24, 2.45) is 0 Å². The molecule has 1 heterocycles. The lowest BCUT2D eigenvalue weighted by atomic mass is 10.3. The van der Waals surface area contributed by atoms with Crippen LogP contribution in [0.2, 0.25) is 0 Å². The van der Waals surface area contributed by atoms with Gasteiger partial charge in [-0.05, 0) is 31.2 Å². The van der Waals surface area contributed by atoms with E-state index in [1.807, 2.05) is 30.3 Å². The zero-order valence-electron chi connectivity index (χ0n) is 11.8. The number of rotatable bonds is 3. The van der Waals surface area contributed by atoms with Gasteiger partial charge < -0.3 is 5.32 Å². The second-order valence-electron chi connectivity index (χ2n) is 4.66. The zero-order chi connectivity index (χ0) is 15.5. The predicted octanol–water partition coefficient (Wildman–Crippen LogP) is 2.97. The van der Waals surface area contributed by atoms with Gasteiger partial charge in [0, 0.05) is 0 Å². The van der Waals surface area contributed by atoms with Gasteiger partial charge in [0.25, 0.3) is 5.91 Å². The summed E-state index contributed by atoms with van der Waals surface area (Å²) in [5, 5.41) is 6.64. The van der Waals surface area contributed by atoms with Gasteiger partial charge in [-0.25, -0.2) is 14.1 Å². The van der Waals surface area contributed by atoms with E-state index in [9.17, 15) is 9.18 Å². The van der Waals surface area contributed by atoms with E-state index in [2.05, 4.69) is 15.4 Å². The van der Waals surface area contributed by atoms with Crippen LogP contribution in [0.25, 0.3) is 5.69 Å². The van der Waals surface area contributed by atoms with Gasteiger partial charge in [-0.15, -0.1) is 5.10 Å². The molecule has 0 unspecified atom stereocenters. The average Bonchev–Trinajstić information content (AvgIpc) is 2.92. The van der Waals surface area contributed by atoms with Crippen molar-refractivity contribution >= 4 is 11.6 Å². The van der Waals surface area contributed by atoms with E-state index in [0.29, 0.717) is 5.82 Å². The van der Waals surface area contributed by atoms with Crippen molar-refractivity contribution in [3.8, 4) is 5.69 Å². The quantitative estimate of drug-likeness (QED) is 0.808. The Kier molecular flexibility index (Phi) is 3.65. The van der Waals surface area contributed by atoms with Crippen LogP contribution >= 0.6 is 0 Å². The number of nitrogens with zero attached hydrogens (tertiary/aromatic N) is 3. The number of hydrogen-bond donors (Lipinski definition) is 1. The molecule has 1 aromatic heterocycles. The maximum absolute atomic E-state index is 13.6. The van der Waals surface area contributed by atoms with Crippen LogP contribution in [-0.4, -0.2) is 20.7 Å². The van der Waals surface area contributed by atoms with E-state index in [1.165, 1.54) is 12.1 Å². The highest BCUT2D eigenvalue weighted by molar-refractivity contribution is 6.01. The monoisotopic (exact) mass is 296 g/mol. The number of halogens is 1. The first-order chi connectivity index (χ1) is 10.6. The van der Waals surface area contributed by atoms with Crippen molar-refractivity contribution in [2.45, 2.75) is 6.92 Å². The summed E-state index contributed by atoms with van der Waals surface area (Å²) in [6.45, 7) is 1.75. The summed E-state index contributed by atoms with van der Waals surface area (Å²) in [5.41, 5.74) is 0.902. The second-order valence-corrected chi connectivity index (χ2v) is 4.66. The molecule has 1 N–H and O–H groups in total. The van der Waals surface area contributed by atoms with Crippen molar-refractivity contribution in [2.75, 3.05) is 5.32 Å². The third-order valence-corrected chi connectivity index (χ3v) is 3.09. The Bertz CT molecular complexity index is 814. The Morgan fingerprint density at radius 2 is 1.77 bits per heavy atom. The lowest BCUT2D eigenvalue weighted by Gasteiger charge is -2.03. The molecule has 0 atom stereocenters. The zero-order valence-corrected chi connectivity index (χ0v) is 11.8. The van der Waals surface area contributed by atoms with Gasteiger partial charge in [-0.2, -0.15) is 0 Å². The van der Waals surface area contributed by atoms with Gasteiger partial charge in [-0.3, -0.25) is 4.79 Å². The number of carbonyl (C=O) groups is 1. The van der Waals surface area contributed by atoms with Crippen molar-refractivity contribution < 1.29 is 9.18 Å². The Labute approximate surface area is 126 Å². The summed E-state index contributed by atoms with van der Waals surface area (Å²) in [6.07, 6.45) is 0. The van der Waals surface area contributed by atoms with Crippen molar-refractivity contribution in [3.05, 3.63) is 72.1 Å². The molecule has 3 rings (SSSR count). The van der Waals surface area contributed by atoms with Crippen LogP contribution in [0, 0.1) is 12.7 Å². The van der Waals surface area contributed by atoms with Crippen LogP contribution in [0.15, 0.2) is 54.6 Å². The number of benzene rings is 2. The molecule has 110 valence electrons. The van der Waals surface area contributed by atoms with Crippen LogP contribution in [-0.2, 0) is 0 Å². The molecule has 0 radical (unpaired) electrons. The highest BCUT2D eigenvalue weighted by atomic mass is 19.1. The highest BCUT2D eigenvalue weighted by Gasteiger charge is 2.16. The minimum Gasteiger partial charge on any atom is -0.317 e. The minimum absolute atomic E-state index is 0.00962. The largest absolute Gasteiger partial charge is 0.317 e. The van der Waals surface area contributed by atoms with Gasteiger partial charge in [0.2, 0.25) is 5.82 Å².